The SMILES string of the molecule is CCCCN=C1N(C)C(=S)N(C)C1(C)C. The Bertz CT molecular complexity index is 284. The molecule has 0 unspecified atom stereocenters. The van der Waals surface area contributed by atoms with E-state index in [0.717, 1.165) is 23.9 Å². The second kappa shape index (κ2) is 4.47. The minimum absolute atomic E-state index is 0.0699. The molecule has 0 aromatic carbocycles. The van der Waals surface area contributed by atoms with E-state index in [1.54, 1.807) is 0 Å². The molecule has 0 amide bonds. The molecule has 0 aliphatic carbocycles. The fraction of sp³-hybridized carbons (Fsp3) is 0.818. The van der Waals surface area contributed by atoms with Gasteiger partial charge in [-0.15, -0.1) is 0 Å². The maximum Gasteiger partial charge on any atom is 0.177 e. The lowest BCUT2D eigenvalue weighted by Gasteiger charge is -2.26. The zero-order valence-corrected chi connectivity index (χ0v) is 11.2. The van der Waals surface area contributed by atoms with Gasteiger partial charge in [-0.25, -0.2) is 0 Å². The lowest BCUT2D eigenvalue weighted by molar-refractivity contribution is 0.367. The van der Waals surface area contributed by atoms with Gasteiger partial charge >= 0.3 is 0 Å². The third kappa shape index (κ3) is 2.14. The van der Waals surface area contributed by atoms with Crippen LogP contribution in [0.25, 0.3) is 0 Å². The first-order valence-electron chi connectivity index (χ1n) is 5.49. The zero-order valence-electron chi connectivity index (χ0n) is 10.4. The quantitative estimate of drug-likeness (QED) is 0.544. The van der Waals surface area contributed by atoms with E-state index >= 15 is 0 Å². The van der Waals surface area contributed by atoms with Gasteiger partial charge in [-0.3, -0.25) is 4.99 Å². The highest BCUT2D eigenvalue weighted by Crippen LogP contribution is 2.25. The number of thiocarbonyl (C=S) groups is 1. The Labute approximate surface area is 98.2 Å². The van der Waals surface area contributed by atoms with E-state index in [-0.39, 0.29) is 5.54 Å². The highest BCUT2D eigenvalue weighted by Gasteiger charge is 2.42. The number of aliphatic imine (C=N–C) groups is 1. The number of rotatable bonds is 3. The molecule has 1 aliphatic heterocycles. The van der Waals surface area contributed by atoms with Gasteiger partial charge in [-0.2, -0.15) is 0 Å². The molecule has 15 heavy (non-hydrogen) atoms. The number of amidine groups is 1. The van der Waals surface area contributed by atoms with Gasteiger partial charge in [0.1, 0.15) is 5.84 Å². The van der Waals surface area contributed by atoms with Crippen molar-refractivity contribution in [2.24, 2.45) is 4.99 Å². The summed E-state index contributed by atoms with van der Waals surface area (Å²) in [4.78, 5) is 8.78. The predicted molar refractivity (Wildman–Crippen MR) is 69.4 cm³/mol. The highest BCUT2D eigenvalue weighted by atomic mass is 32.1. The normalized spacial score (nSPS) is 23.0. The molecule has 1 fully saturated rings. The third-order valence-electron chi connectivity index (χ3n) is 3.05. The summed E-state index contributed by atoms with van der Waals surface area (Å²) in [5.74, 6) is 1.09. The summed E-state index contributed by atoms with van der Waals surface area (Å²) >= 11 is 5.34. The molecule has 1 rings (SSSR count). The van der Waals surface area contributed by atoms with Gasteiger partial charge in [0.25, 0.3) is 0 Å². The Hall–Kier alpha value is -0.640. The van der Waals surface area contributed by atoms with Gasteiger partial charge in [0.15, 0.2) is 5.11 Å². The molecule has 0 saturated carbocycles. The summed E-state index contributed by atoms with van der Waals surface area (Å²) in [5.41, 5.74) is -0.0699. The molecule has 0 N–H and O–H groups in total. The second-order valence-electron chi connectivity index (χ2n) is 4.52. The van der Waals surface area contributed by atoms with E-state index in [0.29, 0.717) is 0 Å². The topological polar surface area (TPSA) is 18.8 Å². The van der Waals surface area contributed by atoms with Crippen LogP contribution in [0.3, 0.4) is 0 Å². The van der Waals surface area contributed by atoms with Gasteiger partial charge in [0, 0.05) is 20.6 Å². The van der Waals surface area contributed by atoms with Crippen molar-refractivity contribution in [2.75, 3.05) is 20.6 Å². The Morgan fingerprint density at radius 1 is 1.33 bits per heavy atom. The van der Waals surface area contributed by atoms with Gasteiger partial charge in [0.2, 0.25) is 0 Å². The van der Waals surface area contributed by atoms with Crippen LogP contribution in [0.2, 0.25) is 0 Å². The van der Waals surface area contributed by atoms with Gasteiger partial charge < -0.3 is 9.80 Å². The lowest BCUT2D eigenvalue weighted by Crippen LogP contribution is -2.41. The van der Waals surface area contributed by atoms with E-state index in [9.17, 15) is 0 Å². The van der Waals surface area contributed by atoms with Crippen LogP contribution in [0.5, 0.6) is 0 Å². The minimum Gasteiger partial charge on any atom is -0.340 e. The molecular weight excluding hydrogens is 206 g/mol. The number of unbranched alkanes of at least 4 members (excludes halogenated alkanes) is 1. The molecule has 0 spiro atoms. The van der Waals surface area contributed by atoms with Crippen molar-refractivity contribution in [3.05, 3.63) is 0 Å². The van der Waals surface area contributed by atoms with E-state index < -0.39 is 0 Å². The average Bonchev–Trinajstić information content (AvgIpc) is 2.32. The third-order valence-corrected chi connectivity index (χ3v) is 3.60. The van der Waals surface area contributed by atoms with Crippen molar-refractivity contribution in [1.29, 1.82) is 0 Å². The standard InChI is InChI=1S/C11H21N3S/c1-6-7-8-12-9-11(2,3)14(5)10(15)13(9)4/h6-8H2,1-5H3. The van der Waals surface area contributed by atoms with Crippen molar-refractivity contribution < 1.29 is 0 Å². The second-order valence-corrected chi connectivity index (χ2v) is 4.88. The van der Waals surface area contributed by atoms with Crippen molar-refractivity contribution in [3.63, 3.8) is 0 Å². The summed E-state index contributed by atoms with van der Waals surface area (Å²) in [7, 11) is 4.03. The van der Waals surface area contributed by atoms with Gasteiger partial charge in [-0.1, -0.05) is 13.3 Å². The molecule has 1 saturated heterocycles. The van der Waals surface area contributed by atoms with Gasteiger partial charge in [0.05, 0.1) is 5.54 Å². The van der Waals surface area contributed by atoms with Crippen LogP contribution in [-0.4, -0.2) is 46.9 Å². The molecule has 0 aromatic rings. The van der Waals surface area contributed by atoms with E-state index in [2.05, 4.69) is 30.7 Å². The maximum atomic E-state index is 5.34. The van der Waals surface area contributed by atoms with E-state index in [4.69, 9.17) is 12.2 Å². The molecule has 3 nitrogen and oxygen atoms in total. The molecule has 0 bridgehead atoms. The van der Waals surface area contributed by atoms with E-state index in [1.807, 2.05) is 19.0 Å². The molecule has 0 radical (unpaired) electrons. The van der Waals surface area contributed by atoms with Crippen LogP contribution < -0.4 is 0 Å². The summed E-state index contributed by atoms with van der Waals surface area (Å²) in [6.07, 6.45) is 2.32. The molecule has 1 aliphatic rings. The van der Waals surface area contributed by atoms with Crippen molar-refractivity contribution >= 4 is 23.2 Å². The smallest absolute Gasteiger partial charge is 0.177 e. The fourth-order valence-corrected chi connectivity index (χ4v) is 2.07. The van der Waals surface area contributed by atoms with Crippen LogP contribution in [0.15, 0.2) is 4.99 Å². The molecule has 0 atom stereocenters. The molecule has 0 aromatic heterocycles. The number of hydrogen-bond acceptors (Lipinski definition) is 2. The average molecular weight is 227 g/mol. The Morgan fingerprint density at radius 2 is 1.93 bits per heavy atom. The lowest BCUT2D eigenvalue weighted by atomic mass is 10.0. The monoisotopic (exact) mass is 227 g/mol. The van der Waals surface area contributed by atoms with Crippen LogP contribution in [0.4, 0.5) is 0 Å². The molecular formula is C11H21N3S. The summed E-state index contributed by atoms with van der Waals surface area (Å²) in [6.45, 7) is 7.40. The van der Waals surface area contributed by atoms with Crippen molar-refractivity contribution in [1.82, 2.24) is 9.80 Å². The summed E-state index contributed by atoms with van der Waals surface area (Å²) in [5, 5.41) is 0.857. The Kier molecular flexibility index (Phi) is 3.71. The summed E-state index contributed by atoms with van der Waals surface area (Å²) < 4.78 is 0. The maximum absolute atomic E-state index is 5.34. The van der Waals surface area contributed by atoms with Crippen LogP contribution in [0, 0.1) is 0 Å². The number of nitrogens with zero attached hydrogens (tertiary/aromatic N) is 3. The van der Waals surface area contributed by atoms with E-state index in [1.165, 1.54) is 6.42 Å². The van der Waals surface area contributed by atoms with Crippen LogP contribution >= 0.6 is 12.2 Å². The first kappa shape index (κ1) is 12.4. The number of hydrogen-bond donors (Lipinski definition) is 0. The first-order valence-corrected chi connectivity index (χ1v) is 5.90. The zero-order chi connectivity index (χ0) is 11.6. The Morgan fingerprint density at radius 3 is 2.33 bits per heavy atom. The highest BCUT2D eigenvalue weighted by molar-refractivity contribution is 7.80. The Balaban J connectivity index is 2.87. The first-order chi connectivity index (χ1) is 6.92. The van der Waals surface area contributed by atoms with Crippen LogP contribution in [0.1, 0.15) is 33.6 Å². The van der Waals surface area contributed by atoms with Crippen molar-refractivity contribution in [2.45, 2.75) is 39.2 Å². The minimum atomic E-state index is -0.0699. The number of likely N-dealkylation sites (N-methyl/N-ethyl adjacent to an activating group) is 2. The largest absolute Gasteiger partial charge is 0.340 e. The fourth-order valence-electron chi connectivity index (χ4n) is 1.76. The molecule has 86 valence electrons. The van der Waals surface area contributed by atoms with Crippen molar-refractivity contribution in [3.8, 4) is 0 Å². The van der Waals surface area contributed by atoms with Crippen LogP contribution in [-0.2, 0) is 0 Å². The molecule has 4 heteroatoms. The molecule has 1 heterocycles. The summed E-state index contributed by atoms with van der Waals surface area (Å²) in [6, 6.07) is 0. The predicted octanol–water partition coefficient (Wildman–Crippen LogP) is 2.13. The van der Waals surface area contributed by atoms with Gasteiger partial charge in [-0.05, 0) is 32.5 Å².